The molecule has 1 saturated carbocycles. The van der Waals surface area contributed by atoms with Gasteiger partial charge in [0.2, 0.25) is 0 Å². The van der Waals surface area contributed by atoms with E-state index in [9.17, 15) is 19.0 Å². The maximum absolute atomic E-state index is 13.3. The first-order valence-electron chi connectivity index (χ1n) is 12.0. The molecular formula is C28H31F2N3O3. The fourth-order valence-electron chi connectivity index (χ4n) is 4.75. The summed E-state index contributed by atoms with van der Waals surface area (Å²) in [5.74, 6) is 0.131. The van der Waals surface area contributed by atoms with Gasteiger partial charge in [0.25, 0.3) is 5.92 Å². The van der Waals surface area contributed by atoms with Crippen molar-refractivity contribution in [1.82, 2.24) is 14.9 Å². The highest BCUT2D eigenvalue weighted by atomic mass is 19.3. The first-order valence-corrected chi connectivity index (χ1v) is 12.0. The maximum Gasteiger partial charge on any atom is 0.282 e. The molecule has 3 aromatic rings. The van der Waals surface area contributed by atoms with Crippen molar-refractivity contribution >= 4 is 0 Å². The lowest BCUT2D eigenvalue weighted by Crippen LogP contribution is -2.46. The van der Waals surface area contributed by atoms with Gasteiger partial charge in [-0.15, -0.1) is 6.42 Å². The van der Waals surface area contributed by atoms with E-state index in [0.29, 0.717) is 11.4 Å². The Balaban J connectivity index is 1.47. The molecule has 6 nitrogen and oxygen atoms in total. The summed E-state index contributed by atoms with van der Waals surface area (Å²) in [7, 11) is 0. The number of aliphatic hydroxyl groups is 3. The minimum atomic E-state index is -3.11. The van der Waals surface area contributed by atoms with Gasteiger partial charge >= 0.3 is 0 Å². The highest BCUT2D eigenvalue weighted by Gasteiger charge is 2.35. The van der Waals surface area contributed by atoms with Crippen LogP contribution in [-0.2, 0) is 0 Å². The number of terminal acetylenes is 1. The van der Waals surface area contributed by atoms with Gasteiger partial charge in [-0.25, -0.2) is 13.8 Å². The van der Waals surface area contributed by atoms with E-state index in [1.807, 2.05) is 42.5 Å². The third-order valence-corrected chi connectivity index (χ3v) is 6.82. The van der Waals surface area contributed by atoms with Crippen molar-refractivity contribution in [3.63, 3.8) is 0 Å². The van der Waals surface area contributed by atoms with Crippen LogP contribution in [0.5, 0.6) is 0 Å². The SMILES string of the molecule is C#CC(C(O)c1ccc(-c2ccccc2C2CC(NCC(F)(F)CO)C2)cc1)n1ccnc1C(C)O. The summed E-state index contributed by atoms with van der Waals surface area (Å²) < 4.78 is 28.2. The van der Waals surface area contributed by atoms with Gasteiger partial charge in [-0.3, -0.25) is 0 Å². The predicted octanol–water partition coefficient (Wildman–Crippen LogP) is 3.97. The molecule has 0 amide bonds. The van der Waals surface area contributed by atoms with Crippen LogP contribution < -0.4 is 5.32 Å². The Hall–Kier alpha value is -3.09. The average Bonchev–Trinajstić information content (AvgIpc) is 3.34. The highest BCUT2D eigenvalue weighted by molar-refractivity contribution is 5.68. The lowest BCUT2D eigenvalue weighted by atomic mass is 9.73. The van der Waals surface area contributed by atoms with Crippen LogP contribution in [0.1, 0.15) is 60.9 Å². The molecule has 3 unspecified atom stereocenters. The number of aromatic nitrogens is 2. The molecule has 0 bridgehead atoms. The van der Waals surface area contributed by atoms with Crippen LogP contribution in [0.15, 0.2) is 60.9 Å². The molecule has 0 saturated heterocycles. The van der Waals surface area contributed by atoms with Crippen LogP contribution in [0.4, 0.5) is 8.78 Å². The standard InChI is InChI=1S/C28H31F2N3O3/c1-3-25(33-13-12-31-27(33)18(2)35)26(36)20-10-8-19(9-11-20)23-6-4-5-7-24(23)21-14-22(15-21)32-16-28(29,30)17-34/h1,4-13,18,21-22,25-26,32,34-36H,14-17H2,2H3. The van der Waals surface area contributed by atoms with Crippen LogP contribution in [0, 0.1) is 12.3 Å². The Morgan fingerprint density at radius 2 is 1.86 bits per heavy atom. The molecule has 3 atom stereocenters. The first kappa shape index (κ1) is 26.0. The predicted molar refractivity (Wildman–Crippen MR) is 133 cm³/mol. The molecule has 4 rings (SSSR count). The number of rotatable bonds is 10. The van der Waals surface area contributed by atoms with Gasteiger partial charge in [0.15, 0.2) is 0 Å². The van der Waals surface area contributed by atoms with Gasteiger partial charge in [-0.1, -0.05) is 54.5 Å². The molecule has 0 aliphatic heterocycles. The molecule has 1 aliphatic rings. The van der Waals surface area contributed by atoms with Crippen molar-refractivity contribution in [1.29, 1.82) is 0 Å². The summed E-state index contributed by atoms with van der Waals surface area (Å²) in [4.78, 5) is 4.14. The van der Waals surface area contributed by atoms with Crippen molar-refractivity contribution in [2.75, 3.05) is 13.2 Å². The number of alkyl halides is 2. The van der Waals surface area contributed by atoms with Crippen LogP contribution in [0.2, 0.25) is 0 Å². The topological polar surface area (TPSA) is 90.5 Å². The Labute approximate surface area is 209 Å². The molecule has 1 heterocycles. The quantitative estimate of drug-likeness (QED) is 0.320. The van der Waals surface area contributed by atoms with Crippen LogP contribution in [0.25, 0.3) is 11.1 Å². The van der Waals surface area contributed by atoms with Gasteiger partial charge in [-0.2, -0.15) is 0 Å². The first-order chi connectivity index (χ1) is 17.2. The zero-order chi connectivity index (χ0) is 25.9. The number of nitrogens with zero attached hydrogens (tertiary/aromatic N) is 2. The van der Waals surface area contributed by atoms with Crippen molar-refractivity contribution in [2.24, 2.45) is 0 Å². The minimum absolute atomic E-state index is 0.00610. The van der Waals surface area contributed by atoms with Crippen molar-refractivity contribution < 1.29 is 24.1 Å². The second-order valence-electron chi connectivity index (χ2n) is 9.39. The van der Waals surface area contributed by atoms with Gasteiger partial charge in [-0.05, 0) is 47.9 Å². The number of halogens is 2. The smallest absolute Gasteiger partial charge is 0.282 e. The Kier molecular flexibility index (Phi) is 7.86. The van der Waals surface area contributed by atoms with E-state index >= 15 is 0 Å². The summed E-state index contributed by atoms with van der Waals surface area (Å²) in [5, 5.41) is 32.6. The third kappa shape index (κ3) is 5.50. The number of aliphatic hydroxyl groups excluding tert-OH is 3. The lowest BCUT2D eigenvalue weighted by molar-refractivity contribution is -0.0512. The lowest BCUT2D eigenvalue weighted by Gasteiger charge is -2.38. The largest absolute Gasteiger partial charge is 0.390 e. The molecule has 190 valence electrons. The Morgan fingerprint density at radius 3 is 2.50 bits per heavy atom. The molecule has 1 aromatic heterocycles. The van der Waals surface area contributed by atoms with Crippen LogP contribution in [0.3, 0.4) is 0 Å². The normalized spacial score (nSPS) is 20.2. The van der Waals surface area contributed by atoms with Gasteiger partial charge < -0.3 is 25.2 Å². The van der Waals surface area contributed by atoms with Crippen molar-refractivity contribution in [3.05, 3.63) is 77.9 Å². The summed E-state index contributed by atoms with van der Waals surface area (Å²) in [6.45, 7) is -0.0889. The Morgan fingerprint density at radius 1 is 1.17 bits per heavy atom. The summed E-state index contributed by atoms with van der Waals surface area (Å²) >= 11 is 0. The van der Waals surface area contributed by atoms with Crippen LogP contribution in [-0.4, -0.2) is 50.0 Å². The van der Waals surface area contributed by atoms with Gasteiger partial charge in [0.05, 0.1) is 6.54 Å². The van der Waals surface area contributed by atoms with E-state index in [2.05, 4.69) is 22.3 Å². The van der Waals surface area contributed by atoms with Gasteiger partial charge in [0.1, 0.15) is 30.7 Å². The van der Waals surface area contributed by atoms with E-state index in [1.165, 1.54) is 6.20 Å². The second-order valence-corrected chi connectivity index (χ2v) is 9.39. The number of benzene rings is 2. The van der Waals surface area contributed by atoms with Crippen molar-refractivity contribution in [2.45, 2.75) is 55.9 Å². The van der Waals surface area contributed by atoms with Gasteiger partial charge in [0, 0.05) is 18.4 Å². The second kappa shape index (κ2) is 10.9. The number of nitrogens with one attached hydrogen (secondary N) is 1. The molecule has 36 heavy (non-hydrogen) atoms. The molecule has 8 heteroatoms. The zero-order valence-corrected chi connectivity index (χ0v) is 20.1. The molecule has 1 fully saturated rings. The van der Waals surface area contributed by atoms with E-state index in [1.54, 1.807) is 17.7 Å². The van der Waals surface area contributed by atoms with E-state index < -0.39 is 37.3 Å². The van der Waals surface area contributed by atoms with Crippen LogP contribution >= 0.6 is 0 Å². The molecule has 2 aromatic carbocycles. The van der Waals surface area contributed by atoms with Crippen molar-refractivity contribution in [3.8, 4) is 23.5 Å². The molecule has 0 spiro atoms. The van der Waals surface area contributed by atoms with E-state index in [0.717, 1.165) is 29.5 Å². The fraction of sp³-hybridized carbons (Fsp3) is 0.393. The average molecular weight is 496 g/mol. The number of imidazole rings is 1. The monoisotopic (exact) mass is 495 g/mol. The molecule has 1 aliphatic carbocycles. The summed E-state index contributed by atoms with van der Waals surface area (Å²) in [6, 6.07) is 14.8. The highest BCUT2D eigenvalue weighted by Crippen LogP contribution is 2.42. The zero-order valence-electron chi connectivity index (χ0n) is 20.1. The summed E-state index contributed by atoms with van der Waals surface area (Å²) in [5.41, 5.74) is 3.83. The maximum atomic E-state index is 13.3. The molecular weight excluding hydrogens is 464 g/mol. The number of hydrogen-bond acceptors (Lipinski definition) is 5. The molecule has 0 radical (unpaired) electrons. The third-order valence-electron chi connectivity index (χ3n) is 6.82. The fourth-order valence-corrected chi connectivity index (χ4v) is 4.75. The van der Waals surface area contributed by atoms with E-state index in [4.69, 9.17) is 11.5 Å². The number of hydrogen-bond donors (Lipinski definition) is 4. The Bertz CT molecular complexity index is 1200. The van der Waals surface area contributed by atoms with E-state index in [-0.39, 0.29) is 12.0 Å². The molecule has 4 N–H and O–H groups in total. The summed E-state index contributed by atoms with van der Waals surface area (Å²) in [6.07, 6.45) is 8.58. The minimum Gasteiger partial charge on any atom is -0.390 e.